The third-order valence-corrected chi connectivity index (χ3v) is 6.40. The molecule has 26 heavy (non-hydrogen) atoms. The molecule has 1 aromatic rings. The van der Waals surface area contributed by atoms with Crippen LogP contribution in [0.15, 0.2) is 29.3 Å². The lowest BCUT2D eigenvalue weighted by molar-refractivity contribution is 0.104. The molecule has 2 aliphatic carbocycles. The van der Waals surface area contributed by atoms with Crippen LogP contribution in [-0.2, 0) is 0 Å². The molecular weight excluding hydrogens is 439 g/mol. The van der Waals surface area contributed by atoms with Crippen molar-refractivity contribution >= 4 is 35.6 Å². The van der Waals surface area contributed by atoms with Gasteiger partial charge in [0.1, 0.15) is 5.75 Å². The highest BCUT2D eigenvalue weighted by Crippen LogP contribution is 2.56. The van der Waals surface area contributed by atoms with Crippen molar-refractivity contribution in [2.24, 2.45) is 16.3 Å². The van der Waals surface area contributed by atoms with Gasteiger partial charge in [-0.15, -0.1) is 24.0 Å². The second-order valence-electron chi connectivity index (χ2n) is 7.85. The summed E-state index contributed by atoms with van der Waals surface area (Å²) in [5, 5.41) is 13.7. The minimum absolute atomic E-state index is 0. The predicted molar refractivity (Wildman–Crippen MR) is 118 cm³/mol. The van der Waals surface area contributed by atoms with E-state index < -0.39 is 0 Å². The summed E-state index contributed by atoms with van der Waals surface area (Å²) in [5.74, 6) is 2.38. The van der Waals surface area contributed by atoms with Gasteiger partial charge in [-0.1, -0.05) is 18.6 Å². The summed E-state index contributed by atoms with van der Waals surface area (Å²) in [5.41, 5.74) is 1.50. The molecule has 0 spiro atoms. The number of benzene rings is 1. The van der Waals surface area contributed by atoms with Gasteiger partial charge in [-0.3, -0.25) is 4.99 Å². The van der Waals surface area contributed by atoms with Gasteiger partial charge in [0, 0.05) is 39.8 Å². The largest absolute Gasteiger partial charge is 0.506 e. The molecule has 1 saturated heterocycles. The van der Waals surface area contributed by atoms with Crippen LogP contribution in [0.1, 0.15) is 32.1 Å². The molecule has 6 heteroatoms. The van der Waals surface area contributed by atoms with E-state index in [9.17, 15) is 5.11 Å². The number of rotatable bonds is 4. The molecule has 1 aromatic carbocycles. The van der Waals surface area contributed by atoms with E-state index >= 15 is 0 Å². The van der Waals surface area contributed by atoms with E-state index in [2.05, 4.69) is 20.1 Å². The normalized spacial score (nSPS) is 22.4. The Morgan fingerprint density at radius 3 is 2.42 bits per heavy atom. The zero-order valence-electron chi connectivity index (χ0n) is 15.7. The topological polar surface area (TPSA) is 51.1 Å². The number of nitrogens with zero attached hydrogens (tertiary/aromatic N) is 3. The minimum atomic E-state index is 0. The summed E-state index contributed by atoms with van der Waals surface area (Å²) in [4.78, 5) is 9.15. The summed E-state index contributed by atoms with van der Waals surface area (Å²) >= 11 is 0. The van der Waals surface area contributed by atoms with E-state index in [-0.39, 0.29) is 24.0 Å². The molecule has 0 aromatic heterocycles. The van der Waals surface area contributed by atoms with Crippen LogP contribution in [0.2, 0.25) is 0 Å². The first-order valence-electron chi connectivity index (χ1n) is 9.70. The van der Waals surface area contributed by atoms with E-state index in [1.807, 2.05) is 25.2 Å². The van der Waals surface area contributed by atoms with Crippen molar-refractivity contribution in [1.82, 2.24) is 10.2 Å². The molecule has 0 amide bonds. The first-order chi connectivity index (χ1) is 12.2. The zero-order chi connectivity index (χ0) is 17.3. The van der Waals surface area contributed by atoms with Crippen LogP contribution in [0.25, 0.3) is 0 Å². The van der Waals surface area contributed by atoms with Crippen LogP contribution in [0.4, 0.5) is 5.69 Å². The molecule has 0 bridgehead atoms. The minimum Gasteiger partial charge on any atom is -0.506 e. The number of halogens is 1. The van der Waals surface area contributed by atoms with Gasteiger partial charge in [0.2, 0.25) is 0 Å². The number of aromatic hydroxyl groups is 1. The van der Waals surface area contributed by atoms with Crippen molar-refractivity contribution in [3.8, 4) is 5.75 Å². The van der Waals surface area contributed by atoms with Crippen LogP contribution in [0, 0.1) is 11.3 Å². The highest BCUT2D eigenvalue weighted by Gasteiger charge is 2.48. The number of phenolic OH excluding ortho intramolecular Hbond substituents is 1. The third-order valence-electron chi connectivity index (χ3n) is 6.40. The van der Waals surface area contributed by atoms with Gasteiger partial charge in [-0.25, -0.2) is 0 Å². The van der Waals surface area contributed by atoms with Crippen LogP contribution in [0.3, 0.4) is 0 Å². The zero-order valence-corrected chi connectivity index (χ0v) is 18.0. The number of guanidine groups is 1. The van der Waals surface area contributed by atoms with E-state index in [4.69, 9.17) is 0 Å². The second kappa shape index (κ2) is 8.23. The van der Waals surface area contributed by atoms with Crippen molar-refractivity contribution in [3.05, 3.63) is 24.3 Å². The molecule has 4 rings (SSSR count). The quantitative estimate of drug-likeness (QED) is 0.403. The van der Waals surface area contributed by atoms with Crippen LogP contribution < -0.4 is 10.2 Å². The first-order valence-corrected chi connectivity index (χ1v) is 9.70. The molecule has 2 N–H and O–H groups in total. The number of phenols is 1. The van der Waals surface area contributed by atoms with Crippen LogP contribution in [-0.4, -0.2) is 55.7 Å². The molecule has 1 aliphatic heterocycles. The Morgan fingerprint density at radius 1 is 1.19 bits per heavy atom. The lowest BCUT2D eigenvalue weighted by Crippen LogP contribution is -2.54. The van der Waals surface area contributed by atoms with Gasteiger partial charge in [-0.2, -0.15) is 0 Å². The Balaban J connectivity index is 0.00000196. The van der Waals surface area contributed by atoms with Gasteiger partial charge in [0.05, 0.1) is 5.69 Å². The predicted octanol–water partition coefficient (Wildman–Crippen LogP) is 3.29. The highest BCUT2D eigenvalue weighted by atomic mass is 127. The van der Waals surface area contributed by atoms with E-state index in [0.717, 1.165) is 50.3 Å². The number of piperazine rings is 1. The molecule has 3 aliphatic rings. The molecule has 5 nitrogen and oxygen atoms in total. The van der Waals surface area contributed by atoms with Gasteiger partial charge < -0.3 is 20.2 Å². The number of para-hydroxylation sites is 2. The fourth-order valence-electron chi connectivity index (χ4n) is 4.53. The van der Waals surface area contributed by atoms with E-state index in [1.165, 1.54) is 32.1 Å². The number of hydrogen-bond donors (Lipinski definition) is 2. The molecule has 144 valence electrons. The number of nitrogens with one attached hydrogen (secondary N) is 1. The molecule has 0 atom stereocenters. The smallest absolute Gasteiger partial charge is 0.193 e. The molecule has 3 fully saturated rings. The van der Waals surface area contributed by atoms with E-state index in [0.29, 0.717) is 11.2 Å². The van der Waals surface area contributed by atoms with Gasteiger partial charge in [0.15, 0.2) is 5.96 Å². The maximum Gasteiger partial charge on any atom is 0.193 e. The number of aliphatic imine (C=N–C) groups is 1. The van der Waals surface area contributed by atoms with Gasteiger partial charge in [0.25, 0.3) is 0 Å². The molecule has 2 saturated carbocycles. The number of hydrogen-bond acceptors (Lipinski definition) is 3. The molecule has 1 heterocycles. The van der Waals surface area contributed by atoms with Crippen molar-refractivity contribution in [2.45, 2.75) is 32.1 Å². The average Bonchev–Trinajstić information content (AvgIpc) is 3.44. The van der Waals surface area contributed by atoms with E-state index in [1.54, 1.807) is 6.07 Å². The van der Waals surface area contributed by atoms with Gasteiger partial charge in [-0.05, 0) is 49.1 Å². The summed E-state index contributed by atoms with van der Waals surface area (Å²) in [6.45, 7) is 4.77. The lowest BCUT2D eigenvalue weighted by Gasteiger charge is -2.44. The Bertz CT molecular complexity index is 634. The monoisotopic (exact) mass is 470 g/mol. The Labute approximate surface area is 173 Å². The van der Waals surface area contributed by atoms with Crippen molar-refractivity contribution < 1.29 is 5.11 Å². The lowest BCUT2D eigenvalue weighted by atomic mass is 9.65. The fourth-order valence-corrected chi connectivity index (χ4v) is 4.53. The SMILES string of the molecule is CN=C(NCC1(C2CC2)CCC1)N1CCN(c2ccccc2O)CC1.I. The van der Waals surface area contributed by atoms with Crippen molar-refractivity contribution in [2.75, 3.05) is 44.7 Å². The summed E-state index contributed by atoms with van der Waals surface area (Å²) in [6, 6.07) is 7.61. The number of anilines is 1. The summed E-state index contributed by atoms with van der Waals surface area (Å²) in [6.07, 6.45) is 7.04. The van der Waals surface area contributed by atoms with Crippen LogP contribution in [0.5, 0.6) is 5.75 Å². The summed E-state index contributed by atoms with van der Waals surface area (Å²) in [7, 11) is 1.89. The third kappa shape index (κ3) is 3.89. The first kappa shape index (κ1) is 19.6. The second-order valence-corrected chi connectivity index (χ2v) is 7.85. The molecule has 0 unspecified atom stereocenters. The van der Waals surface area contributed by atoms with Crippen molar-refractivity contribution in [3.63, 3.8) is 0 Å². The molecular formula is C20H31IN4O. The highest BCUT2D eigenvalue weighted by molar-refractivity contribution is 14.0. The maximum atomic E-state index is 10.1. The standard InChI is InChI=1S/C20H30N4O.HI/c1-21-19(22-15-20(9-4-10-20)16-7-8-16)24-13-11-23(12-14-24)17-5-2-3-6-18(17)25;/h2-3,5-6,16,25H,4,7-15H2,1H3,(H,21,22);1H. The van der Waals surface area contributed by atoms with Gasteiger partial charge >= 0.3 is 0 Å². The van der Waals surface area contributed by atoms with Crippen LogP contribution >= 0.6 is 24.0 Å². The Kier molecular flexibility index (Phi) is 6.20. The summed E-state index contributed by atoms with van der Waals surface area (Å²) < 4.78 is 0. The Hall–Kier alpha value is -1.18. The maximum absolute atomic E-state index is 10.1. The van der Waals surface area contributed by atoms with Crippen molar-refractivity contribution in [1.29, 1.82) is 0 Å². The average molecular weight is 470 g/mol. The Morgan fingerprint density at radius 2 is 1.88 bits per heavy atom. The fraction of sp³-hybridized carbons (Fsp3) is 0.650. The molecule has 0 radical (unpaired) electrons.